The van der Waals surface area contributed by atoms with Crippen molar-refractivity contribution >= 4 is 11.7 Å². The number of alkyl halides is 3. The number of rotatable bonds is 5. The first-order chi connectivity index (χ1) is 12.4. The first-order valence-corrected chi connectivity index (χ1v) is 8.51. The van der Waals surface area contributed by atoms with Crippen LogP contribution in [-0.4, -0.2) is 40.0 Å². The minimum absolute atomic E-state index is 0.0245. The molecule has 2 aromatic rings. The van der Waals surface area contributed by atoms with E-state index in [-0.39, 0.29) is 18.1 Å². The summed E-state index contributed by atoms with van der Waals surface area (Å²) in [5.74, 6) is 0.132. The molecule has 0 aliphatic carbocycles. The Morgan fingerprint density at radius 1 is 1.19 bits per heavy atom. The van der Waals surface area contributed by atoms with E-state index in [1.54, 1.807) is 24.4 Å². The Morgan fingerprint density at radius 2 is 2.04 bits per heavy atom. The van der Waals surface area contributed by atoms with E-state index in [2.05, 4.69) is 15.0 Å². The van der Waals surface area contributed by atoms with Crippen molar-refractivity contribution in [2.24, 2.45) is 5.92 Å². The summed E-state index contributed by atoms with van der Waals surface area (Å²) in [4.78, 5) is 27.0. The molecule has 1 saturated heterocycles. The van der Waals surface area contributed by atoms with Crippen molar-refractivity contribution in [2.75, 3.05) is 18.0 Å². The Balaban J connectivity index is 1.69. The normalized spacial score (nSPS) is 18.0. The molecule has 3 heterocycles. The van der Waals surface area contributed by atoms with Gasteiger partial charge in [0.25, 0.3) is 0 Å². The summed E-state index contributed by atoms with van der Waals surface area (Å²) < 4.78 is 37.2. The molecule has 0 radical (unpaired) electrons. The molecule has 138 valence electrons. The molecule has 26 heavy (non-hydrogen) atoms. The molecule has 2 aromatic heterocycles. The zero-order valence-electron chi connectivity index (χ0n) is 14.1. The molecular formula is C18H19F3N4O. The zero-order chi connectivity index (χ0) is 18.6. The van der Waals surface area contributed by atoms with Gasteiger partial charge >= 0.3 is 6.18 Å². The van der Waals surface area contributed by atoms with Crippen LogP contribution in [0.2, 0.25) is 0 Å². The third kappa shape index (κ3) is 4.77. The number of pyridine rings is 1. The fraction of sp³-hybridized carbons (Fsp3) is 0.444. The van der Waals surface area contributed by atoms with Gasteiger partial charge in [-0.05, 0) is 37.5 Å². The van der Waals surface area contributed by atoms with Gasteiger partial charge in [-0.1, -0.05) is 6.07 Å². The van der Waals surface area contributed by atoms with Gasteiger partial charge in [-0.25, -0.2) is 9.97 Å². The molecule has 0 aromatic carbocycles. The highest BCUT2D eigenvalue weighted by molar-refractivity contribution is 5.96. The molecule has 0 bridgehead atoms. The first-order valence-electron chi connectivity index (χ1n) is 8.51. The van der Waals surface area contributed by atoms with E-state index < -0.39 is 12.6 Å². The molecule has 5 nitrogen and oxygen atoms in total. The lowest BCUT2D eigenvalue weighted by molar-refractivity contribution is -0.134. The number of hydrogen-bond acceptors (Lipinski definition) is 5. The van der Waals surface area contributed by atoms with Gasteiger partial charge in [0.05, 0.1) is 0 Å². The van der Waals surface area contributed by atoms with Crippen LogP contribution >= 0.6 is 0 Å². The van der Waals surface area contributed by atoms with Gasteiger partial charge in [0.2, 0.25) is 5.95 Å². The van der Waals surface area contributed by atoms with Gasteiger partial charge in [-0.15, -0.1) is 0 Å². The summed E-state index contributed by atoms with van der Waals surface area (Å²) in [6.45, 7) is 1.12. The van der Waals surface area contributed by atoms with E-state index in [1.165, 1.54) is 12.3 Å². The van der Waals surface area contributed by atoms with Crippen molar-refractivity contribution in [2.45, 2.75) is 31.9 Å². The summed E-state index contributed by atoms with van der Waals surface area (Å²) in [5, 5.41) is 0. The van der Waals surface area contributed by atoms with E-state index in [0.717, 1.165) is 12.8 Å². The maximum Gasteiger partial charge on any atom is 0.389 e. The van der Waals surface area contributed by atoms with Crippen LogP contribution in [0.3, 0.4) is 0 Å². The van der Waals surface area contributed by atoms with Crippen LogP contribution in [-0.2, 0) is 6.42 Å². The van der Waals surface area contributed by atoms with Gasteiger partial charge in [-0.3, -0.25) is 9.78 Å². The Hall–Kier alpha value is -2.51. The predicted molar refractivity (Wildman–Crippen MR) is 89.9 cm³/mol. The summed E-state index contributed by atoms with van der Waals surface area (Å²) >= 11 is 0. The maximum absolute atomic E-state index is 12.6. The van der Waals surface area contributed by atoms with Crippen molar-refractivity contribution in [1.29, 1.82) is 0 Å². The Bertz CT molecular complexity index is 752. The molecule has 8 heteroatoms. The van der Waals surface area contributed by atoms with Crippen LogP contribution in [0, 0.1) is 5.92 Å². The zero-order valence-corrected chi connectivity index (χ0v) is 14.1. The average molecular weight is 364 g/mol. The van der Waals surface area contributed by atoms with Crippen LogP contribution < -0.4 is 4.90 Å². The van der Waals surface area contributed by atoms with Crippen LogP contribution in [0.5, 0.6) is 0 Å². The number of piperidine rings is 1. The highest BCUT2D eigenvalue weighted by Crippen LogP contribution is 2.25. The molecule has 0 N–H and O–H groups in total. The van der Waals surface area contributed by atoms with E-state index in [0.29, 0.717) is 30.4 Å². The largest absolute Gasteiger partial charge is 0.389 e. The quantitative estimate of drug-likeness (QED) is 0.761. The van der Waals surface area contributed by atoms with E-state index in [4.69, 9.17) is 0 Å². The molecule has 0 unspecified atom stereocenters. The monoisotopic (exact) mass is 364 g/mol. The summed E-state index contributed by atoms with van der Waals surface area (Å²) in [5.41, 5.74) is 0.782. The summed E-state index contributed by atoms with van der Waals surface area (Å²) in [6.07, 6.45) is -0.706. The van der Waals surface area contributed by atoms with Crippen LogP contribution in [0.1, 0.15) is 35.4 Å². The Labute approximate surface area is 149 Å². The SMILES string of the molecule is O=C(c1ccccn1)[C@H]1CCCN(c2nccc(CCC(F)(F)F)n2)C1. The average Bonchev–Trinajstić information content (AvgIpc) is 2.66. The van der Waals surface area contributed by atoms with E-state index in [9.17, 15) is 18.0 Å². The number of Topliss-reactive ketones (excluding diaryl/α,β-unsaturated/α-hetero) is 1. The molecule has 0 saturated carbocycles. The minimum Gasteiger partial charge on any atom is -0.340 e. The Morgan fingerprint density at radius 3 is 2.77 bits per heavy atom. The first kappa shape index (κ1) is 18.3. The predicted octanol–water partition coefficient (Wildman–Crippen LogP) is 3.47. The van der Waals surface area contributed by atoms with Gasteiger partial charge in [0, 0.05) is 43.5 Å². The van der Waals surface area contributed by atoms with Crippen molar-refractivity contribution in [1.82, 2.24) is 15.0 Å². The lowest BCUT2D eigenvalue weighted by Crippen LogP contribution is -2.40. The number of hydrogen-bond donors (Lipinski definition) is 0. The number of carbonyl (C=O) groups excluding carboxylic acids is 1. The maximum atomic E-state index is 12.6. The summed E-state index contributed by atoms with van der Waals surface area (Å²) in [7, 11) is 0. The van der Waals surface area contributed by atoms with Crippen molar-refractivity contribution < 1.29 is 18.0 Å². The molecule has 0 spiro atoms. The Kier molecular flexibility index (Phi) is 5.49. The lowest BCUT2D eigenvalue weighted by Gasteiger charge is -2.32. The number of ketones is 1. The fourth-order valence-electron chi connectivity index (χ4n) is 3.04. The van der Waals surface area contributed by atoms with Crippen molar-refractivity contribution in [3.8, 4) is 0 Å². The van der Waals surface area contributed by atoms with Crippen LogP contribution in [0.4, 0.5) is 19.1 Å². The minimum atomic E-state index is -4.21. The molecule has 1 fully saturated rings. The molecule has 1 aliphatic heterocycles. The molecule has 0 amide bonds. The fourth-order valence-corrected chi connectivity index (χ4v) is 3.04. The van der Waals surface area contributed by atoms with Gasteiger partial charge < -0.3 is 4.90 Å². The molecular weight excluding hydrogens is 345 g/mol. The number of aromatic nitrogens is 3. The number of carbonyl (C=O) groups is 1. The van der Waals surface area contributed by atoms with E-state index >= 15 is 0 Å². The van der Waals surface area contributed by atoms with Crippen LogP contribution in [0.15, 0.2) is 36.7 Å². The lowest BCUT2D eigenvalue weighted by atomic mass is 9.92. The second kappa shape index (κ2) is 7.80. The second-order valence-electron chi connectivity index (χ2n) is 6.33. The number of anilines is 1. The van der Waals surface area contributed by atoms with Crippen molar-refractivity contribution in [3.63, 3.8) is 0 Å². The van der Waals surface area contributed by atoms with Crippen LogP contribution in [0.25, 0.3) is 0 Å². The standard InChI is InChI=1S/C18H19F3N4O/c19-18(20,21)8-6-14-7-10-23-17(24-14)25-11-3-4-13(12-25)16(26)15-5-1-2-9-22-15/h1-2,5,7,9-10,13H,3-4,6,8,11-12H2/t13-/m0/s1. The third-order valence-corrected chi connectivity index (χ3v) is 4.36. The number of nitrogens with zero attached hydrogens (tertiary/aromatic N) is 4. The van der Waals surface area contributed by atoms with E-state index in [1.807, 2.05) is 4.90 Å². The number of aryl methyl sites for hydroxylation is 1. The smallest absolute Gasteiger partial charge is 0.340 e. The second-order valence-corrected chi connectivity index (χ2v) is 6.33. The number of halogens is 3. The molecule has 1 atom stereocenters. The highest BCUT2D eigenvalue weighted by atomic mass is 19.4. The highest BCUT2D eigenvalue weighted by Gasteiger charge is 2.29. The third-order valence-electron chi connectivity index (χ3n) is 4.36. The van der Waals surface area contributed by atoms with Gasteiger partial charge in [0.1, 0.15) is 5.69 Å². The van der Waals surface area contributed by atoms with Gasteiger partial charge in [0.15, 0.2) is 5.78 Å². The van der Waals surface area contributed by atoms with Gasteiger partial charge in [-0.2, -0.15) is 13.2 Å². The molecule has 1 aliphatic rings. The summed E-state index contributed by atoms with van der Waals surface area (Å²) in [6, 6.07) is 6.71. The topological polar surface area (TPSA) is 59.0 Å². The molecule has 3 rings (SSSR count). The van der Waals surface area contributed by atoms with Crippen molar-refractivity contribution in [3.05, 3.63) is 48.0 Å².